The van der Waals surface area contributed by atoms with Crippen LogP contribution in [0.3, 0.4) is 0 Å². The Morgan fingerprint density at radius 2 is 2.00 bits per heavy atom. The molecule has 1 aromatic rings. The van der Waals surface area contributed by atoms with E-state index in [1.165, 1.54) is 12.1 Å². The molecule has 0 radical (unpaired) electrons. The van der Waals surface area contributed by atoms with E-state index in [-0.39, 0.29) is 22.5 Å². The molecular weight excluding hydrogens is 279 g/mol. The van der Waals surface area contributed by atoms with Crippen LogP contribution in [0, 0.1) is 5.82 Å². The summed E-state index contributed by atoms with van der Waals surface area (Å²) < 4.78 is 13.4. The van der Waals surface area contributed by atoms with E-state index in [0.717, 1.165) is 25.7 Å². The van der Waals surface area contributed by atoms with E-state index in [4.69, 9.17) is 11.6 Å². The summed E-state index contributed by atoms with van der Waals surface area (Å²) in [6.07, 6.45) is 4.02. The van der Waals surface area contributed by atoms with Crippen LogP contribution in [0.5, 0.6) is 0 Å². The molecule has 1 saturated carbocycles. The highest BCUT2D eigenvalue weighted by Crippen LogP contribution is 2.26. The highest BCUT2D eigenvalue weighted by Gasteiger charge is 2.27. The summed E-state index contributed by atoms with van der Waals surface area (Å²) in [4.78, 5) is 14.1. The molecule has 1 N–H and O–H groups in total. The van der Waals surface area contributed by atoms with Crippen molar-refractivity contribution in [2.75, 3.05) is 14.1 Å². The van der Waals surface area contributed by atoms with Crippen LogP contribution in [0.25, 0.3) is 0 Å². The third-order valence-corrected chi connectivity index (χ3v) is 4.54. The molecule has 0 saturated heterocycles. The zero-order chi connectivity index (χ0) is 14.7. The molecule has 0 atom stereocenters. The quantitative estimate of drug-likeness (QED) is 0.930. The van der Waals surface area contributed by atoms with E-state index in [1.54, 1.807) is 18.0 Å². The van der Waals surface area contributed by atoms with Gasteiger partial charge in [0.15, 0.2) is 0 Å². The first kappa shape index (κ1) is 15.3. The smallest absolute Gasteiger partial charge is 0.255 e. The van der Waals surface area contributed by atoms with Crippen molar-refractivity contribution in [3.63, 3.8) is 0 Å². The van der Waals surface area contributed by atoms with Crippen LogP contribution in [-0.2, 0) is 0 Å². The van der Waals surface area contributed by atoms with Crippen LogP contribution in [-0.4, -0.2) is 37.0 Å². The molecule has 2 rings (SSSR count). The molecule has 110 valence electrons. The Bertz CT molecular complexity index is 487. The van der Waals surface area contributed by atoms with Crippen molar-refractivity contribution in [3.05, 3.63) is 34.6 Å². The maximum Gasteiger partial charge on any atom is 0.255 e. The monoisotopic (exact) mass is 298 g/mol. The third-order valence-electron chi connectivity index (χ3n) is 4.16. The van der Waals surface area contributed by atoms with Gasteiger partial charge in [-0.25, -0.2) is 4.39 Å². The largest absolute Gasteiger partial charge is 0.339 e. The van der Waals surface area contributed by atoms with Gasteiger partial charge in [-0.1, -0.05) is 17.7 Å². The van der Waals surface area contributed by atoms with Gasteiger partial charge in [0.1, 0.15) is 5.82 Å². The second-order valence-corrected chi connectivity index (χ2v) is 5.69. The molecule has 1 aromatic carbocycles. The van der Waals surface area contributed by atoms with E-state index >= 15 is 0 Å². The first-order chi connectivity index (χ1) is 9.54. The molecule has 1 aliphatic carbocycles. The number of nitrogens with one attached hydrogen (secondary N) is 1. The number of nitrogens with zero attached hydrogens (tertiary/aromatic N) is 1. The number of rotatable bonds is 3. The van der Waals surface area contributed by atoms with Crippen molar-refractivity contribution < 1.29 is 9.18 Å². The van der Waals surface area contributed by atoms with E-state index in [2.05, 4.69) is 5.32 Å². The summed E-state index contributed by atoms with van der Waals surface area (Å²) in [6.45, 7) is 0. The van der Waals surface area contributed by atoms with Crippen LogP contribution >= 0.6 is 11.6 Å². The summed E-state index contributed by atoms with van der Waals surface area (Å²) >= 11 is 5.88. The SMILES string of the molecule is CNC1CCC(N(C)C(=O)c2cccc(F)c2Cl)CC1. The van der Waals surface area contributed by atoms with Crippen molar-refractivity contribution in [2.24, 2.45) is 0 Å². The molecule has 1 aliphatic rings. The topological polar surface area (TPSA) is 32.3 Å². The van der Waals surface area contributed by atoms with Gasteiger partial charge < -0.3 is 10.2 Å². The maximum atomic E-state index is 13.4. The Kier molecular flexibility index (Phi) is 5.00. The zero-order valence-corrected chi connectivity index (χ0v) is 12.6. The summed E-state index contributed by atoms with van der Waals surface area (Å²) in [6, 6.07) is 5.08. The predicted molar refractivity (Wildman–Crippen MR) is 78.6 cm³/mol. The number of hydrogen-bond donors (Lipinski definition) is 1. The number of hydrogen-bond acceptors (Lipinski definition) is 2. The van der Waals surface area contributed by atoms with Gasteiger partial charge in [0.2, 0.25) is 0 Å². The van der Waals surface area contributed by atoms with Crippen LogP contribution < -0.4 is 5.32 Å². The molecular formula is C15H20ClFN2O. The predicted octanol–water partition coefficient (Wildman–Crippen LogP) is 3.08. The first-order valence-corrected chi connectivity index (χ1v) is 7.30. The highest BCUT2D eigenvalue weighted by atomic mass is 35.5. The van der Waals surface area contributed by atoms with Crippen LogP contribution in [0.1, 0.15) is 36.0 Å². The molecule has 0 spiro atoms. The normalized spacial score (nSPS) is 22.6. The molecule has 0 aliphatic heterocycles. The Morgan fingerprint density at radius 1 is 1.35 bits per heavy atom. The first-order valence-electron chi connectivity index (χ1n) is 6.93. The highest BCUT2D eigenvalue weighted by molar-refractivity contribution is 6.34. The molecule has 0 bridgehead atoms. The van der Waals surface area contributed by atoms with E-state index < -0.39 is 5.82 Å². The average molecular weight is 299 g/mol. The van der Waals surface area contributed by atoms with E-state index in [0.29, 0.717) is 6.04 Å². The molecule has 0 unspecified atom stereocenters. The fourth-order valence-electron chi connectivity index (χ4n) is 2.78. The van der Waals surface area contributed by atoms with Gasteiger partial charge in [0, 0.05) is 19.1 Å². The Labute approximate surface area is 124 Å². The van der Waals surface area contributed by atoms with Crippen LogP contribution in [0.15, 0.2) is 18.2 Å². The van der Waals surface area contributed by atoms with Crippen molar-refractivity contribution in [1.29, 1.82) is 0 Å². The van der Waals surface area contributed by atoms with Gasteiger partial charge >= 0.3 is 0 Å². The Morgan fingerprint density at radius 3 is 2.60 bits per heavy atom. The van der Waals surface area contributed by atoms with Crippen LogP contribution in [0.2, 0.25) is 5.02 Å². The Balaban J connectivity index is 2.07. The third kappa shape index (κ3) is 3.13. The van der Waals surface area contributed by atoms with Gasteiger partial charge in [-0.15, -0.1) is 0 Å². The minimum Gasteiger partial charge on any atom is -0.339 e. The number of benzene rings is 1. The summed E-state index contributed by atoms with van der Waals surface area (Å²) in [5.74, 6) is -0.757. The molecule has 0 heterocycles. The lowest BCUT2D eigenvalue weighted by Crippen LogP contribution is -2.42. The summed E-state index contributed by atoms with van der Waals surface area (Å²) in [5.41, 5.74) is 0.241. The number of amides is 1. The minimum atomic E-state index is -0.551. The zero-order valence-electron chi connectivity index (χ0n) is 11.8. The fraction of sp³-hybridized carbons (Fsp3) is 0.533. The van der Waals surface area contributed by atoms with Crippen molar-refractivity contribution in [1.82, 2.24) is 10.2 Å². The van der Waals surface area contributed by atoms with Crippen LogP contribution in [0.4, 0.5) is 4.39 Å². The van der Waals surface area contributed by atoms with E-state index in [9.17, 15) is 9.18 Å². The van der Waals surface area contributed by atoms with Gasteiger partial charge in [-0.05, 0) is 44.9 Å². The average Bonchev–Trinajstić information content (AvgIpc) is 2.48. The minimum absolute atomic E-state index is 0.0896. The number of carbonyl (C=O) groups is 1. The molecule has 1 fully saturated rings. The molecule has 20 heavy (non-hydrogen) atoms. The second kappa shape index (κ2) is 6.55. The fourth-order valence-corrected chi connectivity index (χ4v) is 2.98. The maximum absolute atomic E-state index is 13.4. The van der Waals surface area contributed by atoms with E-state index in [1.807, 2.05) is 7.05 Å². The molecule has 3 nitrogen and oxygen atoms in total. The lowest BCUT2D eigenvalue weighted by Gasteiger charge is -2.34. The second-order valence-electron chi connectivity index (χ2n) is 5.31. The van der Waals surface area contributed by atoms with Gasteiger partial charge in [-0.2, -0.15) is 0 Å². The summed E-state index contributed by atoms with van der Waals surface area (Å²) in [5, 5.41) is 3.18. The molecule has 5 heteroatoms. The van der Waals surface area contributed by atoms with Gasteiger partial charge in [-0.3, -0.25) is 4.79 Å². The molecule has 1 amide bonds. The number of halogens is 2. The lowest BCUT2D eigenvalue weighted by molar-refractivity contribution is 0.0685. The lowest BCUT2D eigenvalue weighted by atomic mass is 9.90. The number of carbonyl (C=O) groups excluding carboxylic acids is 1. The Hall–Kier alpha value is -1.13. The van der Waals surface area contributed by atoms with Crippen molar-refractivity contribution in [2.45, 2.75) is 37.8 Å². The van der Waals surface area contributed by atoms with Gasteiger partial charge in [0.05, 0.1) is 10.6 Å². The van der Waals surface area contributed by atoms with Crippen molar-refractivity contribution >= 4 is 17.5 Å². The standard InChI is InChI=1S/C15H20ClFN2O/c1-18-10-6-8-11(9-7-10)19(2)15(20)12-4-3-5-13(17)14(12)16/h3-5,10-11,18H,6-9H2,1-2H3. The van der Waals surface area contributed by atoms with Gasteiger partial charge in [0.25, 0.3) is 5.91 Å². The van der Waals surface area contributed by atoms with Crippen molar-refractivity contribution in [3.8, 4) is 0 Å². The molecule has 0 aromatic heterocycles. The summed E-state index contributed by atoms with van der Waals surface area (Å²) in [7, 11) is 3.74.